The summed E-state index contributed by atoms with van der Waals surface area (Å²) in [4.78, 5) is 10.1. The molecule has 0 radical (unpaired) electrons. The average molecular weight is 184 g/mol. The van der Waals surface area contributed by atoms with Gasteiger partial charge in [0.15, 0.2) is 0 Å². The Bertz CT molecular complexity index is 120. The van der Waals surface area contributed by atoms with Gasteiger partial charge in [-0.25, -0.2) is 0 Å². The molecule has 0 N–H and O–H groups in total. The van der Waals surface area contributed by atoms with E-state index in [4.69, 9.17) is 0 Å². The Morgan fingerprint density at radius 1 is 1.08 bits per heavy atom. The lowest BCUT2D eigenvalue weighted by Gasteiger charge is -2.11. The van der Waals surface area contributed by atoms with Gasteiger partial charge in [0.25, 0.3) is 0 Å². The maximum atomic E-state index is 10.1. The third-order valence-corrected chi connectivity index (χ3v) is 2.87. The fraction of sp³-hybridized carbons (Fsp3) is 0.917. The highest BCUT2D eigenvalue weighted by Crippen LogP contribution is 2.17. The highest BCUT2D eigenvalue weighted by atomic mass is 16.1. The summed E-state index contributed by atoms with van der Waals surface area (Å²) in [5, 5.41) is 0. The van der Waals surface area contributed by atoms with Crippen LogP contribution in [0.15, 0.2) is 0 Å². The zero-order valence-electron chi connectivity index (χ0n) is 9.38. The average Bonchev–Trinajstić information content (AvgIpc) is 2.14. The zero-order chi connectivity index (χ0) is 10.1. The fourth-order valence-corrected chi connectivity index (χ4v) is 1.52. The monoisotopic (exact) mass is 184 g/mol. The Kier molecular flexibility index (Phi) is 8.07. The maximum Gasteiger partial charge on any atom is 0.120 e. The van der Waals surface area contributed by atoms with Gasteiger partial charge in [-0.15, -0.1) is 0 Å². The summed E-state index contributed by atoms with van der Waals surface area (Å²) in [5.41, 5.74) is 0. The fourth-order valence-electron chi connectivity index (χ4n) is 1.52. The lowest BCUT2D eigenvalue weighted by molar-refractivity contribution is -0.108. The lowest BCUT2D eigenvalue weighted by Crippen LogP contribution is -1.98. The van der Waals surface area contributed by atoms with E-state index >= 15 is 0 Å². The number of carbonyl (C=O) groups excluding carboxylic acids is 1. The highest BCUT2D eigenvalue weighted by Gasteiger charge is 2.03. The molecule has 1 unspecified atom stereocenters. The molecule has 1 heteroatoms. The minimum absolute atomic E-state index is 0.731. The molecule has 78 valence electrons. The summed E-state index contributed by atoms with van der Waals surface area (Å²) in [6, 6.07) is 0. The number of carbonyl (C=O) groups is 1. The molecule has 0 aliphatic rings. The van der Waals surface area contributed by atoms with Crippen LogP contribution in [0.3, 0.4) is 0 Å². The first-order valence-corrected chi connectivity index (χ1v) is 5.64. The first kappa shape index (κ1) is 12.7. The minimum atomic E-state index is 0.731. The van der Waals surface area contributed by atoms with E-state index in [-0.39, 0.29) is 0 Å². The van der Waals surface area contributed by atoms with Gasteiger partial charge in [-0.3, -0.25) is 0 Å². The number of hydrogen-bond acceptors (Lipinski definition) is 1. The molecule has 0 saturated carbocycles. The van der Waals surface area contributed by atoms with Crippen molar-refractivity contribution in [1.82, 2.24) is 0 Å². The van der Waals surface area contributed by atoms with Gasteiger partial charge in [0.2, 0.25) is 0 Å². The second-order valence-corrected chi connectivity index (χ2v) is 4.29. The Hall–Kier alpha value is -0.330. The van der Waals surface area contributed by atoms with Crippen LogP contribution in [0.2, 0.25) is 0 Å². The molecular weight excluding hydrogens is 160 g/mol. The largest absolute Gasteiger partial charge is 0.303 e. The van der Waals surface area contributed by atoms with Crippen LogP contribution in [0, 0.1) is 11.8 Å². The van der Waals surface area contributed by atoms with Crippen LogP contribution in [0.1, 0.15) is 59.3 Å². The van der Waals surface area contributed by atoms with E-state index in [2.05, 4.69) is 20.8 Å². The van der Waals surface area contributed by atoms with Crippen molar-refractivity contribution in [3.8, 4) is 0 Å². The summed E-state index contributed by atoms with van der Waals surface area (Å²) in [6.45, 7) is 6.82. The van der Waals surface area contributed by atoms with Crippen LogP contribution in [-0.4, -0.2) is 6.29 Å². The van der Waals surface area contributed by atoms with Crippen molar-refractivity contribution >= 4 is 6.29 Å². The molecule has 0 aromatic carbocycles. The predicted molar refractivity (Wildman–Crippen MR) is 57.8 cm³/mol. The molecule has 0 amide bonds. The minimum Gasteiger partial charge on any atom is -0.303 e. The molecule has 1 nitrogen and oxygen atoms in total. The third kappa shape index (κ3) is 8.01. The summed E-state index contributed by atoms with van der Waals surface area (Å²) >= 11 is 0. The van der Waals surface area contributed by atoms with E-state index in [1.165, 1.54) is 25.7 Å². The van der Waals surface area contributed by atoms with Crippen molar-refractivity contribution in [1.29, 1.82) is 0 Å². The van der Waals surface area contributed by atoms with Crippen molar-refractivity contribution in [2.75, 3.05) is 0 Å². The van der Waals surface area contributed by atoms with E-state index in [1.54, 1.807) is 0 Å². The summed E-state index contributed by atoms with van der Waals surface area (Å²) in [6.07, 6.45) is 8.11. The molecule has 0 saturated heterocycles. The second kappa shape index (κ2) is 8.28. The lowest BCUT2D eigenvalue weighted by atomic mass is 9.95. The van der Waals surface area contributed by atoms with Gasteiger partial charge in [0.05, 0.1) is 0 Å². The van der Waals surface area contributed by atoms with Gasteiger partial charge < -0.3 is 4.79 Å². The smallest absolute Gasteiger partial charge is 0.120 e. The molecule has 0 bridgehead atoms. The quantitative estimate of drug-likeness (QED) is 0.524. The predicted octanol–water partition coefficient (Wildman–Crippen LogP) is 3.82. The molecule has 0 aliphatic heterocycles. The van der Waals surface area contributed by atoms with Crippen LogP contribution >= 0.6 is 0 Å². The van der Waals surface area contributed by atoms with Crippen molar-refractivity contribution in [2.45, 2.75) is 59.3 Å². The number of hydrogen-bond donors (Lipinski definition) is 0. The van der Waals surface area contributed by atoms with Gasteiger partial charge in [-0.2, -0.15) is 0 Å². The van der Waals surface area contributed by atoms with Gasteiger partial charge in [0.1, 0.15) is 6.29 Å². The van der Waals surface area contributed by atoms with E-state index in [1.807, 2.05) is 0 Å². The second-order valence-electron chi connectivity index (χ2n) is 4.29. The molecule has 2 atom stereocenters. The van der Waals surface area contributed by atoms with Gasteiger partial charge >= 0.3 is 0 Å². The third-order valence-electron chi connectivity index (χ3n) is 2.87. The van der Waals surface area contributed by atoms with Crippen molar-refractivity contribution in [3.63, 3.8) is 0 Å². The van der Waals surface area contributed by atoms with E-state index < -0.39 is 0 Å². The van der Waals surface area contributed by atoms with Crippen LogP contribution in [0.25, 0.3) is 0 Å². The molecule has 0 aromatic heterocycles. The summed E-state index contributed by atoms with van der Waals surface area (Å²) in [5.74, 6) is 1.60. The van der Waals surface area contributed by atoms with Gasteiger partial charge in [0, 0.05) is 6.42 Å². The van der Waals surface area contributed by atoms with E-state index in [0.29, 0.717) is 0 Å². The molecule has 13 heavy (non-hydrogen) atoms. The summed E-state index contributed by atoms with van der Waals surface area (Å²) < 4.78 is 0. The molecule has 0 spiro atoms. The normalized spacial score (nSPS) is 15.3. The Labute approximate surface area is 82.9 Å². The van der Waals surface area contributed by atoms with E-state index in [0.717, 1.165) is 31.0 Å². The SMILES string of the molecule is CCC(C)CCC[C@@H](C)CCC=O. The summed E-state index contributed by atoms with van der Waals surface area (Å²) in [7, 11) is 0. The van der Waals surface area contributed by atoms with Crippen molar-refractivity contribution in [3.05, 3.63) is 0 Å². The first-order chi connectivity index (χ1) is 6.20. The van der Waals surface area contributed by atoms with Gasteiger partial charge in [-0.1, -0.05) is 46.5 Å². The van der Waals surface area contributed by atoms with Crippen molar-refractivity contribution in [2.24, 2.45) is 11.8 Å². The van der Waals surface area contributed by atoms with Crippen molar-refractivity contribution < 1.29 is 4.79 Å². The van der Waals surface area contributed by atoms with Crippen LogP contribution < -0.4 is 0 Å². The van der Waals surface area contributed by atoms with Crippen LogP contribution in [0.4, 0.5) is 0 Å². The van der Waals surface area contributed by atoms with E-state index in [9.17, 15) is 4.79 Å². The Morgan fingerprint density at radius 2 is 1.69 bits per heavy atom. The van der Waals surface area contributed by atoms with Crippen LogP contribution in [0.5, 0.6) is 0 Å². The molecule has 0 aromatic rings. The molecule has 0 fully saturated rings. The highest BCUT2D eigenvalue weighted by molar-refractivity contribution is 5.49. The standard InChI is InChI=1S/C12H24O/c1-4-11(2)7-5-8-12(3)9-6-10-13/h10-12H,4-9H2,1-3H3/t11?,12-/m1/s1. The first-order valence-electron chi connectivity index (χ1n) is 5.64. The van der Waals surface area contributed by atoms with Crippen LogP contribution in [-0.2, 0) is 4.79 Å². The number of rotatable bonds is 8. The molecule has 0 rings (SSSR count). The maximum absolute atomic E-state index is 10.1. The number of aldehydes is 1. The molecular formula is C12H24O. The molecule has 0 aliphatic carbocycles. The Balaban J connectivity index is 3.25. The zero-order valence-corrected chi connectivity index (χ0v) is 9.38. The topological polar surface area (TPSA) is 17.1 Å². The van der Waals surface area contributed by atoms with Gasteiger partial charge in [-0.05, 0) is 18.3 Å². The molecule has 0 heterocycles. The Morgan fingerprint density at radius 3 is 2.23 bits per heavy atom.